The van der Waals surface area contributed by atoms with Crippen LogP contribution < -0.4 is 4.90 Å². The number of carbonyl (C=O) groups is 2. The van der Waals surface area contributed by atoms with Gasteiger partial charge in [-0.05, 0) is 55.7 Å². The van der Waals surface area contributed by atoms with Gasteiger partial charge in [0.25, 0.3) is 0 Å². The summed E-state index contributed by atoms with van der Waals surface area (Å²) < 4.78 is 40.2. The van der Waals surface area contributed by atoms with E-state index in [1.807, 2.05) is 9.80 Å². The second kappa shape index (κ2) is 10.1. The molecule has 190 valence electrons. The van der Waals surface area contributed by atoms with Crippen LogP contribution in [0.15, 0.2) is 18.2 Å². The van der Waals surface area contributed by atoms with Gasteiger partial charge in [-0.15, -0.1) is 0 Å². The Morgan fingerprint density at radius 1 is 1.06 bits per heavy atom. The number of anilines is 1. The van der Waals surface area contributed by atoms with Crippen molar-refractivity contribution in [3.8, 4) is 6.07 Å². The maximum absolute atomic E-state index is 13.4. The molecule has 1 aliphatic carbocycles. The highest BCUT2D eigenvalue weighted by Gasteiger charge is 2.45. The first-order valence-electron chi connectivity index (χ1n) is 12.5. The minimum atomic E-state index is -4.59. The molecule has 3 fully saturated rings. The van der Waals surface area contributed by atoms with Gasteiger partial charge in [0, 0.05) is 51.9 Å². The van der Waals surface area contributed by atoms with Crippen molar-refractivity contribution in [3.05, 3.63) is 29.3 Å². The van der Waals surface area contributed by atoms with Gasteiger partial charge in [0.2, 0.25) is 11.8 Å². The zero-order valence-corrected chi connectivity index (χ0v) is 20.4. The van der Waals surface area contributed by atoms with Crippen LogP contribution in [-0.4, -0.2) is 61.9 Å². The van der Waals surface area contributed by atoms with E-state index in [-0.39, 0.29) is 41.0 Å². The van der Waals surface area contributed by atoms with E-state index in [0.29, 0.717) is 31.9 Å². The first kappa shape index (κ1) is 25.3. The summed E-state index contributed by atoms with van der Waals surface area (Å²) >= 11 is 0. The Morgan fingerprint density at radius 2 is 1.71 bits per heavy atom. The monoisotopic (exact) mass is 490 g/mol. The van der Waals surface area contributed by atoms with Crippen LogP contribution in [0.4, 0.5) is 18.9 Å². The van der Waals surface area contributed by atoms with Gasteiger partial charge in [0.1, 0.15) is 0 Å². The van der Waals surface area contributed by atoms with Crippen molar-refractivity contribution in [3.63, 3.8) is 0 Å². The Labute approximate surface area is 204 Å². The number of amides is 2. The smallest absolute Gasteiger partial charge is 0.372 e. The van der Waals surface area contributed by atoms with Gasteiger partial charge in [-0.3, -0.25) is 9.59 Å². The number of alkyl halides is 3. The molecule has 1 aromatic rings. The fourth-order valence-corrected chi connectivity index (χ4v) is 6.16. The van der Waals surface area contributed by atoms with E-state index in [1.165, 1.54) is 6.07 Å². The number of rotatable bonds is 4. The van der Waals surface area contributed by atoms with E-state index in [4.69, 9.17) is 5.26 Å². The summed E-state index contributed by atoms with van der Waals surface area (Å²) in [5.41, 5.74) is -0.826. The second-order valence-electron chi connectivity index (χ2n) is 10.4. The molecule has 35 heavy (non-hydrogen) atoms. The van der Waals surface area contributed by atoms with Gasteiger partial charge in [0.05, 0.1) is 23.1 Å². The van der Waals surface area contributed by atoms with E-state index < -0.39 is 11.7 Å². The molecule has 2 aliphatic heterocycles. The number of carbonyl (C=O) groups excluding carboxylic acids is 2. The molecule has 0 radical (unpaired) electrons. The van der Waals surface area contributed by atoms with Crippen molar-refractivity contribution in [1.29, 1.82) is 5.26 Å². The van der Waals surface area contributed by atoms with Gasteiger partial charge in [-0.2, -0.15) is 18.4 Å². The highest BCUT2D eigenvalue weighted by atomic mass is 19.4. The van der Waals surface area contributed by atoms with Crippen LogP contribution in [0.2, 0.25) is 0 Å². The van der Waals surface area contributed by atoms with Crippen molar-refractivity contribution in [2.75, 3.05) is 45.2 Å². The molecule has 2 saturated heterocycles. The number of piperidine rings is 1. The van der Waals surface area contributed by atoms with Crippen LogP contribution in [0.25, 0.3) is 0 Å². The lowest BCUT2D eigenvalue weighted by Crippen LogP contribution is -2.41. The summed E-state index contributed by atoms with van der Waals surface area (Å²) in [5, 5.41) is 9.05. The van der Waals surface area contributed by atoms with Crippen LogP contribution in [0.3, 0.4) is 0 Å². The third-order valence-electron chi connectivity index (χ3n) is 8.08. The van der Waals surface area contributed by atoms with E-state index in [2.05, 4.69) is 0 Å². The van der Waals surface area contributed by atoms with Crippen LogP contribution in [0.5, 0.6) is 0 Å². The predicted octanol–water partition coefficient (Wildman–Crippen LogP) is 4.15. The van der Waals surface area contributed by atoms with Crippen molar-refractivity contribution in [2.24, 2.45) is 23.7 Å². The Balaban J connectivity index is 1.46. The highest BCUT2D eigenvalue weighted by Crippen LogP contribution is 2.40. The third kappa shape index (κ3) is 5.26. The van der Waals surface area contributed by atoms with Gasteiger partial charge in [-0.25, -0.2) is 0 Å². The van der Waals surface area contributed by atoms with Crippen molar-refractivity contribution in [2.45, 2.75) is 44.7 Å². The molecule has 4 rings (SSSR count). The molecule has 6 nitrogen and oxygen atoms in total. The summed E-state index contributed by atoms with van der Waals surface area (Å²) in [5.74, 6) is 0.340. The second-order valence-corrected chi connectivity index (χ2v) is 10.4. The number of benzene rings is 1. The van der Waals surface area contributed by atoms with Gasteiger partial charge >= 0.3 is 6.18 Å². The average molecular weight is 491 g/mol. The number of hydrogen-bond donors (Lipinski definition) is 0. The quantitative estimate of drug-likeness (QED) is 0.636. The Hall–Kier alpha value is -2.76. The van der Waals surface area contributed by atoms with Crippen molar-refractivity contribution < 1.29 is 22.8 Å². The molecule has 0 bridgehead atoms. The maximum atomic E-state index is 13.4. The first-order valence-corrected chi connectivity index (χ1v) is 12.5. The average Bonchev–Trinajstić information content (AvgIpc) is 3.53. The van der Waals surface area contributed by atoms with E-state index in [9.17, 15) is 22.8 Å². The SMILES string of the molecule is CN(C)C(=O)[C@@H]1CN(C(=O)C2CCCC2)C[C@H]1C1CCN(c2ccc(C#N)c(C(F)(F)F)c2)CC1. The lowest BCUT2D eigenvalue weighted by atomic mass is 9.78. The van der Waals surface area contributed by atoms with Gasteiger partial charge in [0.15, 0.2) is 0 Å². The lowest BCUT2D eigenvalue weighted by molar-refractivity contribution is -0.138. The topological polar surface area (TPSA) is 67.7 Å². The molecule has 0 spiro atoms. The fourth-order valence-electron chi connectivity index (χ4n) is 6.16. The summed E-state index contributed by atoms with van der Waals surface area (Å²) in [6.45, 7) is 2.19. The number of nitriles is 1. The molecule has 1 aromatic carbocycles. The Kier molecular flexibility index (Phi) is 7.30. The highest BCUT2D eigenvalue weighted by molar-refractivity contribution is 5.83. The minimum Gasteiger partial charge on any atom is -0.372 e. The molecule has 0 N–H and O–H groups in total. The van der Waals surface area contributed by atoms with Crippen LogP contribution in [0.1, 0.15) is 49.7 Å². The molecule has 2 heterocycles. The summed E-state index contributed by atoms with van der Waals surface area (Å²) in [6.07, 6.45) is 0.918. The normalized spacial score (nSPS) is 24.0. The van der Waals surface area contributed by atoms with Crippen molar-refractivity contribution in [1.82, 2.24) is 9.80 Å². The lowest BCUT2D eigenvalue weighted by Gasteiger charge is -2.38. The zero-order valence-electron chi connectivity index (χ0n) is 20.4. The summed E-state index contributed by atoms with van der Waals surface area (Å²) in [4.78, 5) is 31.5. The number of halogens is 3. The predicted molar refractivity (Wildman–Crippen MR) is 125 cm³/mol. The van der Waals surface area contributed by atoms with Crippen LogP contribution >= 0.6 is 0 Å². The first-order chi connectivity index (χ1) is 16.6. The molecule has 9 heteroatoms. The largest absolute Gasteiger partial charge is 0.417 e. The van der Waals surface area contributed by atoms with E-state index >= 15 is 0 Å². The summed E-state index contributed by atoms with van der Waals surface area (Å²) in [6, 6.07) is 5.50. The molecular formula is C26H33F3N4O2. The number of nitrogens with zero attached hydrogens (tertiary/aromatic N) is 4. The molecular weight excluding hydrogens is 457 g/mol. The molecule has 3 aliphatic rings. The minimum absolute atomic E-state index is 0.0427. The number of hydrogen-bond acceptors (Lipinski definition) is 4. The third-order valence-corrected chi connectivity index (χ3v) is 8.08. The molecule has 1 saturated carbocycles. The van der Waals surface area contributed by atoms with Crippen LogP contribution in [-0.2, 0) is 15.8 Å². The van der Waals surface area contributed by atoms with Gasteiger partial charge < -0.3 is 14.7 Å². The Morgan fingerprint density at radius 3 is 2.29 bits per heavy atom. The van der Waals surface area contributed by atoms with Crippen LogP contribution in [0, 0.1) is 35.0 Å². The molecule has 0 aromatic heterocycles. The molecule has 2 amide bonds. The number of likely N-dealkylation sites (tertiary alicyclic amines) is 1. The van der Waals surface area contributed by atoms with E-state index in [0.717, 1.165) is 44.6 Å². The summed E-state index contributed by atoms with van der Waals surface area (Å²) in [7, 11) is 3.49. The van der Waals surface area contributed by atoms with Crippen molar-refractivity contribution >= 4 is 17.5 Å². The molecule has 2 atom stereocenters. The van der Waals surface area contributed by atoms with E-state index in [1.54, 1.807) is 31.1 Å². The Bertz CT molecular complexity index is 989. The zero-order chi connectivity index (χ0) is 25.3. The fraction of sp³-hybridized carbons (Fsp3) is 0.654. The maximum Gasteiger partial charge on any atom is 0.417 e. The van der Waals surface area contributed by atoms with Gasteiger partial charge in [-0.1, -0.05) is 12.8 Å². The standard InChI is InChI=1S/C26H33F3N4O2/c1-31(2)25(35)22-16-33(24(34)18-5-3-4-6-18)15-21(22)17-9-11-32(12-10-17)20-8-7-19(14-30)23(13-20)26(27,28)29/h7-8,13,17-18,21-22H,3-6,9-12,15-16H2,1-2H3/t21-,22+/m0/s1. The molecule has 0 unspecified atom stereocenters.